The maximum atomic E-state index is 12.8. The van der Waals surface area contributed by atoms with Crippen molar-refractivity contribution < 1.29 is 9.90 Å². The molecule has 0 spiro atoms. The van der Waals surface area contributed by atoms with Crippen molar-refractivity contribution in [2.24, 2.45) is 5.92 Å². The molecule has 4 rings (SSSR count). The van der Waals surface area contributed by atoms with E-state index in [0.29, 0.717) is 12.3 Å². The third-order valence-corrected chi connectivity index (χ3v) is 5.51. The fourth-order valence-electron chi connectivity index (χ4n) is 3.94. The number of amides is 1. The first-order valence-corrected chi connectivity index (χ1v) is 9.52. The van der Waals surface area contributed by atoms with Gasteiger partial charge in [0.25, 0.3) is 0 Å². The molecule has 1 aliphatic rings. The molecule has 1 amide bonds. The third-order valence-electron chi connectivity index (χ3n) is 5.51. The maximum Gasteiger partial charge on any atom is 0.228 e. The Morgan fingerprint density at radius 1 is 1.22 bits per heavy atom. The van der Waals surface area contributed by atoms with Crippen LogP contribution in [0.25, 0.3) is 5.65 Å². The van der Waals surface area contributed by atoms with E-state index in [2.05, 4.69) is 17.1 Å². The summed E-state index contributed by atoms with van der Waals surface area (Å²) in [4.78, 5) is 19.2. The number of rotatable bonds is 5. The second-order valence-corrected chi connectivity index (χ2v) is 7.48. The third kappa shape index (κ3) is 3.74. The van der Waals surface area contributed by atoms with Gasteiger partial charge in [0.15, 0.2) is 0 Å². The van der Waals surface area contributed by atoms with Crippen molar-refractivity contribution in [1.29, 1.82) is 0 Å². The van der Waals surface area contributed by atoms with Gasteiger partial charge >= 0.3 is 0 Å². The van der Waals surface area contributed by atoms with Gasteiger partial charge in [-0.25, -0.2) is 4.98 Å². The minimum Gasteiger partial charge on any atom is -0.392 e. The molecule has 27 heavy (non-hydrogen) atoms. The standard InChI is InChI=1S/C22H25N3O2/c1-16-3-2-9-25-20(13-23-22(16)25)12-21(27)24-10-8-19(14-24)11-17-4-6-18(15-26)7-5-17/h2-7,9,13,19,26H,8,10-12,14-15H2,1H3/t19-/m0/s1. The van der Waals surface area contributed by atoms with E-state index in [1.165, 1.54) is 5.56 Å². The summed E-state index contributed by atoms with van der Waals surface area (Å²) in [6.07, 6.45) is 6.20. The van der Waals surface area contributed by atoms with E-state index in [1.54, 1.807) is 0 Å². The number of hydrogen-bond donors (Lipinski definition) is 1. The van der Waals surface area contributed by atoms with Crippen LogP contribution in [0.15, 0.2) is 48.8 Å². The van der Waals surface area contributed by atoms with E-state index in [-0.39, 0.29) is 12.5 Å². The molecule has 1 fully saturated rings. The van der Waals surface area contributed by atoms with E-state index in [9.17, 15) is 4.79 Å². The minimum atomic E-state index is 0.0782. The van der Waals surface area contributed by atoms with Crippen LogP contribution < -0.4 is 0 Å². The molecule has 1 aromatic carbocycles. The number of pyridine rings is 1. The second-order valence-electron chi connectivity index (χ2n) is 7.48. The molecule has 0 radical (unpaired) electrons. The highest BCUT2D eigenvalue weighted by atomic mass is 16.3. The van der Waals surface area contributed by atoms with Crippen LogP contribution in [0.2, 0.25) is 0 Å². The molecule has 5 heteroatoms. The van der Waals surface area contributed by atoms with Crippen molar-refractivity contribution in [2.75, 3.05) is 13.1 Å². The summed E-state index contributed by atoms with van der Waals surface area (Å²) < 4.78 is 2.02. The van der Waals surface area contributed by atoms with Crippen molar-refractivity contribution >= 4 is 11.6 Å². The number of fused-ring (bicyclic) bond motifs is 1. The first kappa shape index (κ1) is 17.7. The Hall–Kier alpha value is -2.66. The number of imidazole rings is 1. The smallest absolute Gasteiger partial charge is 0.228 e. The van der Waals surface area contributed by atoms with E-state index < -0.39 is 0 Å². The van der Waals surface area contributed by atoms with E-state index in [4.69, 9.17) is 5.11 Å². The number of aliphatic hydroxyl groups excluding tert-OH is 1. The topological polar surface area (TPSA) is 57.8 Å². The normalized spacial score (nSPS) is 17.0. The van der Waals surface area contributed by atoms with Gasteiger partial charge in [-0.15, -0.1) is 0 Å². The van der Waals surface area contributed by atoms with Gasteiger partial charge in [0.2, 0.25) is 5.91 Å². The second kappa shape index (κ2) is 7.53. The number of carbonyl (C=O) groups excluding carboxylic acids is 1. The lowest BCUT2D eigenvalue weighted by Gasteiger charge is -2.16. The SMILES string of the molecule is Cc1cccn2c(CC(=O)N3CC[C@@H](Cc4ccc(CO)cc4)C3)cnc12. The lowest BCUT2D eigenvalue weighted by atomic mass is 9.98. The van der Waals surface area contributed by atoms with Crippen LogP contribution in [-0.2, 0) is 24.2 Å². The Kier molecular flexibility index (Phi) is 4.94. The zero-order valence-corrected chi connectivity index (χ0v) is 15.6. The van der Waals surface area contributed by atoms with Crippen LogP contribution in [-0.4, -0.2) is 38.4 Å². The molecule has 0 saturated carbocycles. The number of aromatic nitrogens is 2. The Bertz CT molecular complexity index is 946. The molecule has 1 N–H and O–H groups in total. The molecule has 3 heterocycles. The summed E-state index contributed by atoms with van der Waals surface area (Å²) in [6, 6.07) is 12.1. The molecule has 0 aliphatic carbocycles. The summed E-state index contributed by atoms with van der Waals surface area (Å²) in [5, 5.41) is 9.14. The Balaban J connectivity index is 1.37. The van der Waals surface area contributed by atoms with Crippen LogP contribution in [0.1, 0.15) is 28.8 Å². The molecule has 1 atom stereocenters. The highest BCUT2D eigenvalue weighted by molar-refractivity contribution is 5.79. The van der Waals surface area contributed by atoms with Crippen LogP contribution in [0, 0.1) is 12.8 Å². The van der Waals surface area contributed by atoms with Gasteiger partial charge < -0.3 is 14.4 Å². The van der Waals surface area contributed by atoms with E-state index in [1.807, 2.05) is 52.9 Å². The molecular formula is C22H25N3O2. The highest BCUT2D eigenvalue weighted by Crippen LogP contribution is 2.22. The van der Waals surface area contributed by atoms with Crippen LogP contribution >= 0.6 is 0 Å². The lowest BCUT2D eigenvalue weighted by molar-refractivity contribution is -0.129. The first-order valence-electron chi connectivity index (χ1n) is 9.52. The van der Waals surface area contributed by atoms with Gasteiger partial charge in [-0.05, 0) is 48.4 Å². The summed E-state index contributed by atoms with van der Waals surface area (Å²) in [5.41, 5.74) is 5.19. The Morgan fingerprint density at radius 3 is 2.78 bits per heavy atom. The quantitative estimate of drug-likeness (QED) is 0.758. The number of aliphatic hydroxyl groups is 1. The first-order chi connectivity index (χ1) is 13.1. The van der Waals surface area contributed by atoms with Gasteiger partial charge in [0, 0.05) is 25.5 Å². The zero-order valence-electron chi connectivity index (χ0n) is 15.6. The Morgan fingerprint density at radius 2 is 2.00 bits per heavy atom. The minimum absolute atomic E-state index is 0.0782. The molecule has 140 valence electrons. The predicted octanol–water partition coefficient (Wildman–Crippen LogP) is 2.77. The number of benzene rings is 1. The molecule has 0 unspecified atom stereocenters. The van der Waals surface area contributed by atoms with Crippen molar-refractivity contribution in [1.82, 2.24) is 14.3 Å². The number of carbonyl (C=O) groups is 1. The van der Waals surface area contributed by atoms with Crippen LogP contribution in [0.5, 0.6) is 0 Å². The highest BCUT2D eigenvalue weighted by Gasteiger charge is 2.26. The largest absolute Gasteiger partial charge is 0.392 e. The van der Waals surface area contributed by atoms with Gasteiger partial charge in [-0.2, -0.15) is 0 Å². The number of aryl methyl sites for hydroxylation is 1. The molecule has 1 aliphatic heterocycles. The molecular weight excluding hydrogens is 338 g/mol. The molecule has 2 aromatic heterocycles. The zero-order chi connectivity index (χ0) is 18.8. The summed E-state index contributed by atoms with van der Waals surface area (Å²) in [5.74, 6) is 0.676. The lowest BCUT2D eigenvalue weighted by Crippen LogP contribution is -2.30. The average molecular weight is 363 g/mol. The monoisotopic (exact) mass is 363 g/mol. The van der Waals surface area contributed by atoms with Gasteiger partial charge in [-0.3, -0.25) is 4.79 Å². The fraction of sp³-hybridized carbons (Fsp3) is 0.364. The molecule has 5 nitrogen and oxygen atoms in total. The average Bonchev–Trinajstić information content (AvgIpc) is 3.31. The summed E-state index contributed by atoms with van der Waals surface area (Å²) in [7, 11) is 0. The number of nitrogens with zero attached hydrogens (tertiary/aromatic N) is 3. The van der Waals surface area contributed by atoms with E-state index >= 15 is 0 Å². The number of likely N-dealkylation sites (tertiary alicyclic amines) is 1. The molecule has 3 aromatic rings. The summed E-state index contributed by atoms with van der Waals surface area (Å²) in [6.45, 7) is 3.76. The van der Waals surface area contributed by atoms with Crippen molar-refractivity contribution in [3.05, 3.63) is 71.2 Å². The van der Waals surface area contributed by atoms with Gasteiger partial charge in [0.05, 0.1) is 18.7 Å². The van der Waals surface area contributed by atoms with Crippen molar-refractivity contribution in [3.8, 4) is 0 Å². The van der Waals surface area contributed by atoms with Crippen LogP contribution in [0.4, 0.5) is 0 Å². The maximum absolute atomic E-state index is 12.8. The summed E-state index contributed by atoms with van der Waals surface area (Å²) >= 11 is 0. The van der Waals surface area contributed by atoms with E-state index in [0.717, 1.165) is 48.4 Å². The predicted molar refractivity (Wildman–Crippen MR) is 104 cm³/mol. The van der Waals surface area contributed by atoms with Crippen LogP contribution in [0.3, 0.4) is 0 Å². The van der Waals surface area contributed by atoms with Crippen molar-refractivity contribution in [2.45, 2.75) is 32.8 Å². The fourth-order valence-corrected chi connectivity index (χ4v) is 3.94. The molecule has 1 saturated heterocycles. The van der Waals surface area contributed by atoms with Gasteiger partial charge in [0.1, 0.15) is 5.65 Å². The molecule has 0 bridgehead atoms. The van der Waals surface area contributed by atoms with Crippen molar-refractivity contribution in [3.63, 3.8) is 0 Å². The van der Waals surface area contributed by atoms with Gasteiger partial charge in [-0.1, -0.05) is 30.3 Å². The Labute approximate surface area is 159 Å². The number of hydrogen-bond acceptors (Lipinski definition) is 3.